The quantitative estimate of drug-likeness (QED) is 0.587. The molecule has 2 heterocycles. The molecule has 3 rings (SSSR count). The predicted octanol–water partition coefficient (Wildman–Crippen LogP) is 1.78. The summed E-state index contributed by atoms with van der Waals surface area (Å²) in [5, 5.41) is 13.2. The van der Waals surface area contributed by atoms with Crippen molar-refractivity contribution in [2.45, 2.75) is 31.1 Å². The van der Waals surface area contributed by atoms with Crippen molar-refractivity contribution in [3.8, 4) is 0 Å². The molecule has 30 heavy (non-hydrogen) atoms. The zero-order valence-electron chi connectivity index (χ0n) is 16.6. The summed E-state index contributed by atoms with van der Waals surface area (Å²) < 4.78 is 22.5. The van der Waals surface area contributed by atoms with E-state index in [1.54, 1.807) is 0 Å². The first kappa shape index (κ1) is 22.3. The Morgan fingerprint density at radius 3 is 2.43 bits per heavy atom. The highest BCUT2D eigenvalue weighted by Gasteiger charge is 2.25. The Kier molecular flexibility index (Phi) is 7.19. The van der Waals surface area contributed by atoms with E-state index >= 15 is 0 Å². The van der Waals surface area contributed by atoms with Crippen molar-refractivity contribution in [1.82, 2.24) is 9.88 Å². The maximum Gasteiger partial charge on any atom is 0.238 e. The van der Waals surface area contributed by atoms with Gasteiger partial charge in [-0.05, 0) is 57.1 Å². The van der Waals surface area contributed by atoms with Crippen LogP contribution in [0.15, 0.2) is 34.5 Å². The van der Waals surface area contributed by atoms with Crippen molar-refractivity contribution in [2.75, 3.05) is 30.3 Å². The Balaban J connectivity index is 1.38. The van der Waals surface area contributed by atoms with Crippen molar-refractivity contribution < 1.29 is 18.0 Å². The van der Waals surface area contributed by atoms with Crippen LogP contribution in [0.1, 0.15) is 25.0 Å². The SMILES string of the molecule is Cc1csc(NC(=O)C2CCN(CCC(=O)Nc3ccc(S(N)(=O)=O)cc3)CC2)n1. The summed E-state index contributed by atoms with van der Waals surface area (Å²) in [4.78, 5) is 31.0. The van der Waals surface area contributed by atoms with Crippen LogP contribution in [0.5, 0.6) is 0 Å². The van der Waals surface area contributed by atoms with E-state index in [1.807, 2.05) is 12.3 Å². The minimum atomic E-state index is -3.75. The van der Waals surface area contributed by atoms with E-state index in [1.165, 1.54) is 35.6 Å². The number of amides is 2. The highest BCUT2D eigenvalue weighted by atomic mass is 32.2. The number of piperidine rings is 1. The van der Waals surface area contributed by atoms with Gasteiger partial charge in [0.2, 0.25) is 21.8 Å². The van der Waals surface area contributed by atoms with Crippen molar-refractivity contribution in [3.63, 3.8) is 0 Å². The second-order valence-corrected chi connectivity index (χ2v) is 9.69. The summed E-state index contributed by atoms with van der Waals surface area (Å²) in [6, 6.07) is 5.72. The number of hydrogen-bond donors (Lipinski definition) is 3. The highest BCUT2D eigenvalue weighted by molar-refractivity contribution is 7.89. The van der Waals surface area contributed by atoms with Gasteiger partial charge in [0.05, 0.1) is 10.6 Å². The number of nitrogens with two attached hydrogens (primary N) is 1. The predicted molar refractivity (Wildman–Crippen MR) is 116 cm³/mol. The van der Waals surface area contributed by atoms with Gasteiger partial charge in [-0.15, -0.1) is 11.3 Å². The maximum absolute atomic E-state index is 12.4. The second kappa shape index (κ2) is 9.65. The third-order valence-corrected chi connectivity index (χ3v) is 6.73. The number of primary sulfonamides is 1. The van der Waals surface area contributed by atoms with E-state index in [4.69, 9.17) is 5.14 Å². The molecule has 2 aromatic rings. The minimum absolute atomic E-state index is 0.00241. The van der Waals surface area contributed by atoms with E-state index in [0.29, 0.717) is 23.8 Å². The topological polar surface area (TPSA) is 134 Å². The van der Waals surface area contributed by atoms with Crippen LogP contribution in [0.2, 0.25) is 0 Å². The summed E-state index contributed by atoms with van der Waals surface area (Å²) in [6.07, 6.45) is 1.80. The lowest BCUT2D eigenvalue weighted by Gasteiger charge is -2.30. The minimum Gasteiger partial charge on any atom is -0.326 e. The molecule has 11 heteroatoms. The normalized spacial score (nSPS) is 15.7. The third kappa shape index (κ3) is 6.33. The Morgan fingerprint density at radius 1 is 1.20 bits per heavy atom. The lowest BCUT2D eigenvalue weighted by Crippen LogP contribution is -2.39. The van der Waals surface area contributed by atoms with Crippen LogP contribution >= 0.6 is 11.3 Å². The highest BCUT2D eigenvalue weighted by Crippen LogP contribution is 2.21. The van der Waals surface area contributed by atoms with E-state index in [0.717, 1.165) is 31.6 Å². The molecule has 9 nitrogen and oxygen atoms in total. The van der Waals surface area contributed by atoms with Crippen LogP contribution < -0.4 is 15.8 Å². The molecule has 1 aliphatic heterocycles. The Labute approximate surface area is 179 Å². The monoisotopic (exact) mass is 451 g/mol. The number of hydrogen-bond acceptors (Lipinski definition) is 7. The summed E-state index contributed by atoms with van der Waals surface area (Å²) in [7, 11) is -3.75. The molecule has 1 saturated heterocycles. The van der Waals surface area contributed by atoms with Crippen molar-refractivity contribution in [2.24, 2.45) is 11.1 Å². The molecular weight excluding hydrogens is 426 g/mol. The lowest BCUT2D eigenvalue weighted by atomic mass is 9.96. The van der Waals surface area contributed by atoms with Gasteiger partial charge in [0, 0.05) is 30.0 Å². The zero-order chi connectivity index (χ0) is 21.7. The summed E-state index contributed by atoms with van der Waals surface area (Å²) in [5.41, 5.74) is 1.41. The number of sulfonamides is 1. The van der Waals surface area contributed by atoms with Crippen LogP contribution in [0.25, 0.3) is 0 Å². The van der Waals surface area contributed by atoms with Crippen LogP contribution in [0.3, 0.4) is 0 Å². The average Bonchev–Trinajstić information content (AvgIpc) is 3.11. The molecule has 0 saturated carbocycles. The van der Waals surface area contributed by atoms with Crippen molar-refractivity contribution in [1.29, 1.82) is 0 Å². The maximum atomic E-state index is 12.4. The number of rotatable bonds is 7. The summed E-state index contributed by atoms with van der Waals surface area (Å²) in [6.45, 7) is 4.00. The second-order valence-electron chi connectivity index (χ2n) is 7.27. The molecule has 0 unspecified atom stereocenters. The van der Waals surface area contributed by atoms with Gasteiger partial charge in [0.25, 0.3) is 0 Å². The number of aromatic nitrogens is 1. The van der Waals surface area contributed by atoms with Crippen LogP contribution in [-0.4, -0.2) is 49.8 Å². The Hall–Kier alpha value is -2.34. The number of thiazole rings is 1. The van der Waals surface area contributed by atoms with Crippen LogP contribution in [0.4, 0.5) is 10.8 Å². The van der Waals surface area contributed by atoms with E-state index in [9.17, 15) is 18.0 Å². The molecule has 0 aliphatic carbocycles. The van der Waals surface area contributed by atoms with E-state index in [-0.39, 0.29) is 22.6 Å². The number of nitrogens with one attached hydrogen (secondary N) is 2. The standard InChI is InChI=1S/C19H25N5O4S2/c1-13-12-29-19(21-13)23-18(26)14-6-9-24(10-7-14)11-8-17(25)22-15-2-4-16(5-3-15)30(20,27)28/h2-5,12,14H,6-11H2,1H3,(H,22,25)(H2,20,27,28)(H,21,23,26). The lowest BCUT2D eigenvalue weighted by molar-refractivity contribution is -0.121. The molecule has 1 aliphatic rings. The Bertz CT molecular complexity index is 996. The molecule has 162 valence electrons. The van der Waals surface area contributed by atoms with Gasteiger partial charge in [0.15, 0.2) is 5.13 Å². The smallest absolute Gasteiger partial charge is 0.238 e. The average molecular weight is 452 g/mol. The number of carbonyl (C=O) groups is 2. The summed E-state index contributed by atoms with van der Waals surface area (Å²) in [5.74, 6) is -0.196. The Morgan fingerprint density at radius 2 is 1.87 bits per heavy atom. The van der Waals surface area contributed by atoms with Gasteiger partial charge in [-0.3, -0.25) is 9.59 Å². The van der Waals surface area contributed by atoms with Gasteiger partial charge in [0.1, 0.15) is 0 Å². The number of likely N-dealkylation sites (tertiary alicyclic amines) is 1. The number of carbonyl (C=O) groups excluding carboxylic acids is 2. The largest absolute Gasteiger partial charge is 0.326 e. The number of benzene rings is 1. The fourth-order valence-corrected chi connectivity index (χ4v) is 4.46. The molecule has 0 spiro atoms. The first-order valence-corrected chi connectivity index (χ1v) is 12.0. The molecule has 0 atom stereocenters. The van der Waals surface area contributed by atoms with Gasteiger partial charge in [-0.2, -0.15) is 0 Å². The molecule has 1 aromatic heterocycles. The van der Waals surface area contributed by atoms with Crippen LogP contribution in [0, 0.1) is 12.8 Å². The molecular formula is C19H25N5O4S2. The fraction of sp³-hybridized carbons (Fsp3) is 0.421. The van der Waals surface area contributed by atoms with E-state index < -0.39 is 10.0 Å². The molecule has 0 bridgehead atoms. The number of anilines is 2. The fourth-order valence-electron chi connectivity index (χ4n) is 3.25. The molecule has 4 N–H and O–H groups in total. The molecule has 0 radical (unpaired) electrons. The van der Waals surface area contributed by atoms with Gasteiger partial charge < -0.3 is 15.5 Å². The van der Waals surface area contributed by atoms with Gasteiger partial charge in [-0.1, -0.05) is 0 Å². The van der Waals surface area contributed by atoms with E-state index in [2.05, 4.69) is 20.5 Å². The van der Waals surface area contributed by atoms with Crippen molar-refractivity contribution >= 4 is 44.0 Å². The molecule has 1 fully saturated rings. The first-order chi connectivity index (χ1) is 14.2. The molecule has 2 amide bonds. The zero-order valence-corrected chi connectivity index (χ0v) is 18.3. The first-order valence-electron chi connectivity index (χ1n) is 9.59. The van der Waals surface area contributed by atoms with Gasteiger partial charge >= 0.3 is 0 Å². The number of nitrogens with zero attached hydrogens (tertiary/aromatic N) is 2. The summed E-state index contributed by atoms with van der Waals surface area (Å²) >= 11 is 1.42. The van der Waals surface area contributed by atoms with Crippen molar-refractivity contribution in [3.05, 3.63) is 35.3 Å². The number of aryl methyl sites for hydroxylation is 1. The molecule has 1 aromatic carbocycles. The third-order valence-electron chi connectivity index (χ3n) is 4.93. The van der Waals surface area contributed by atoms with Crippen LogP contribution in [-0.2, 0) is 19.6 Å². The van der Waals surface area contributed by atoms with Gasteiger partial charge in [-0.25, -0.2) is 18.5 Å².